The zero-order valence-electron chi connectivity index (χ0n) is 20.2. The van der Waals surface area contributed by atoms with E-state index in [2.05, 4.69) is 9.97 Å². The molecule has 3 aromatic heterocycles. The number of hydrogen-bond acceptors (Lipinski definition) is 6. The van der Waals surface area contributed by atoms with Crippen LogP contribution < -0.4 is 16.4 Å². The second kappa shape index (κ2) is 8.65. The van der Waals surface area contributed by atoms with Gasteiger partial charge in [-0.2, -0.15) is 4.68 Å². The smallest absolute Gasteiger partial charge is 0.411 e. The molecule has 1 aromatic carbocycles. The molecular weight excluding hydrogens is 444 g/mol. The van der Waals surface area contributed by atoms with Gasteiger partial charge in [-0.1, -0.05) is 43.2 Å². The minimum absolute atomic E-state index is 0.147. The van der Waals surface area contributed by atoms with E-state index in [-0.39, 0.29) is 18.5 Å². The van der Waals surface area contributed by atoms with E-state index in [1.807, 2.05) is 56.3 Å². The van der Waals surface area contributed by atoms with Crippen LogP contribution in [0.5, 0.6) is 0 Å². The van der Waals surface area contributed by atoms with Gasteiger partial charge in [0.15, 0.2) is 0 Å². The predicted octanol–water partition coefficient (Wildman–Crippen LogP) is 2.97. The van der Waals surface area contributed by atoms with Crippen LogP contribution in [0, 0.1) is 19.3 Å². The summed E-state index contributed by atoms with van der Waals surface area (Å²) in [6.45, 7) is 4.01. The third-order valence-electron chi connectivity index (χ3n) is 6.87. The lowest BCUT2D eigenvalue weighted by Gasteiger charge is -2.24. The number of fused-ring (bicyclic) bond motifs is 1. The van der Waals surface area contributed by atoms with Gasteiger partial charge in [0.2, 0.25) is 5.65 Å². The zero-order valence-corrected chi connectivity index (χ0v) is 20.2. The summed E-state index contributed by atoms with van der Waals surface area (Å²) in [5.41, 5.74) is 10.6. The number of methoxy groups -OCH3 is 1. The van der Waals surface area contributed by atoms with Gasteiger partial charge in [0.25, 0.3) is 0 Å². The lowest BCUT2D eigenvalue weighted by molar-refractivity contribution is -0.351. The highest BCUT2D eigenvalue weighted by molar-refractivity contribution is 5.89. The SMILES string of the molecule is COC(=O)C1(Cn2nc3c(-c4cc(C)nc(C)c4)c(-c4ccccc4)[nH+]c(N)n3c2=O)CCCC1. The first-order valence-corrected chi connectivity index (χ1v) is 11.8. The maximum absolute atomic E-state index is 13.6. The molecule has 0 bridgehead atoms. The summed E-state index contributed by atoms with van der Waals surface area (Å²) in [7, 11) is 1.39. The van der Waals surface area contributed by atoms with Crippen LogP contribution in [0.1, 0.15) is 37.1 Å². The molecule has 35 heavy (non-hydrogen) atoms. The van der Waals surface area contributed by atoms with Gasteiger partial charge in [0.1, 0.15) is 5.69 Å². The molecule has 1 saturated carbocycles. The van der Waals surface area contributed by atoms with Crippen molar-refractivity contribution in [2.45, 2.75) is 46.1 Å². The van der Waals surface area contributed by atoms with Crippen LogP contribution in [0.25, 0.3) is 28.0 Å². The molecule has 0 atom stereocenters. The van der Waals surface area contributed by atoms with E-state index in [1.165, 1.54) is 16.2 Å². The predicted molar refractivity (Wildman–Crippen MR) is 131 cm³/mol. The first-order chi connectivity index (χ1) is 16.8. The monoisotopic (exact) mass is 473 g/mol. The highest BCUT2D eigenvalue weighted by Gasteiger charge is 2.44. The number of hydrogen-bond donors (Lipinski definition) is 1. The second-order valence-corrected chi connectivity index (χ2v) is 9.34. The maximum Gasteiger partial charge on any atom is 0.411 e. The molecule has 3 heterocycles. The molecule has 0 amide bonds. The number of aromatic nitrogens is 5. The van der Waals surface area contributed by atoms with E-state index < -0.39 is 11.1 Å². The van der Waals surface area contributed by atoms with Gasteiger partial charge in [0, 0.05) is 17.0 Å². The lowest BCUT2D eigenvalue weighted by atomic mass is 9.86. The number of pyridine rings is 1. The van der Waals surface area contributed by atoms with Crippen molar-refractivity contribution >= 4 is 17.6 Å². The number of rotatable bonds is 5. The van der Waals surface area contributed by atoms with Crippen molar-refractivity contribution in [2.75, 3.05) is 12.8 Å². The molecule has 5 rings (SSSR count). The Kier molecular flexibility index (Phi) is 5.62. The lowest BCUT2D eigenvalue weighted by Crippen LogP contribution is -2.38. The molecule has 180 valence electrons. The quantitative estimate of drug-likeness (QED) is 0.445. The summed E-state index contributed by atoms with van der Waals surface area (Å²) in [4.78, 5) is 34.0. The van der Waals surface area contributed by atoms with E-state index in [0.717, 1.165) is 46.6 Å². The third kappa shape index (κ3) is 3.86. The average Bonchev–Trinajstić information content (AvgIpc) is 3.44. The number of benzene rings is 1. The first-order valence-electron chi connectivity index (χ1n) is 11.8. The van der Waals surface area contributed by atoms with Gasteiger partial charge in [-0.15, -0.1) is 9.50 Å². The van der Waals surface area contributed by atoms with Crippen LogP contribution in [0.3, 0.4) is 0 Å². The normalized spacial score (nSPS) is 14.9. The maximum atomic E-state index is 13.6. The van der Waals surface area contributed by atoms with Gasteiger partial charge >= 0.3 is 17.6 Å². The molecule has 0 spiro atoms. The Bertz CT molecular complexity index is 1460. The van der Waals surface area contributed by atoms with E-state index in [4.69, 9.17) is 15.6 Å². The van der Waals surface area contributed by atoms with Crippen molar-refractivity contribution in [3.63, 3.8) is 0 Å². The molecule has 0 unspecified atom stereocenters. The molecule has 1 aliphatic rings. The minimum Gasteiger partial charge on any atom is -0.469 e. The van der Waals surface area contributed by atoms with Gasteiger partial charge < -0.3 is 4.74 Å². The minimum atomic E-state index is -0.763. The fraction of sp³-hybridized carbons (Fsp3) is 0.346. The van der Waals surface area contributed by atoms with Crippen molar-refractivity contribution in [2.24, 2.45) is 5.41 Å². The van der Waals surface area contributed by atoms with Crippen LogP contribution in [-0.2, 0) is 16.1 Å². The number of aromatic amines is 1. The largest absolute Gasteiger partial charge is 0.469 e. The van der Waals surface area contributed by atoms with Crippen molar-refractivity contribution in [3.05, 3.63) is 64.3 Å². The number of esters is 1. The van der Waals surface area contributed by atoms with Crippen LogP contribution >= 0.6 is 0 Å². The van der Waals surface area contributed by atoms with Gasteiger partial charge in [-0.3, -0.25) is 15.5 Å². The van der Waals surface area contributed by atoms with E-state index in [0.29, 0.717) is 18.5 Å². The molecule has 3 N–H and O–H groups in total. The highest BCUT2D eigenvalue weighted by Crippen LogP contribution is 2.40. The molecule has 9 nitrogen and oxygen atoms in total. The van der Waals surface area contributed by atoms with Gasteiger partial charge in [-0.25, -0.2) is 9.78 Å². The molecule has 4 aromatic rings. The van der Waals surface area contributed by atoms with Gasteiger partial charge in [-0.05, 0) is 44.4 Å². The Hall–Kier alpha value is -4.01. The number of nitrogen functional groups attached to an aromatic ring is 1. The van der Waals surface area contributed by atoms with E-state index >= 15 is 0 Å². The second-order valence-electron chi connectivity index (χ2n) is 9.34. The number of anilines is 1. The Morgan fingerprint density at radius 2 is 1.77 bits per heavy atom. The number of H-pyrrole nitrogens is 1. The summed E-state index contributed by atoms with van der Waals surface area (Å²) >= 11 is 0. The molecule has 0 aliphatic heterocycles. The molecule has 9 heteroatoms. The average molecular weight is 474 g/mol. The fourth-order valence-corrected chi connectivity index (χ4v) is 5.30. The van der Waals surface area contributed by atoms with Crippen LogP contribution in [-0.4, -0.2) is 32.2 Å². The van der Waals surface area contributed by atoms with Crippen molar-refractivity contribution in [1.82, 2.24) is 19.2 Å². The van der Waals surface area contributed by atoms with Crippen LogP contribution in [0.4, 0.5) is 5.95 Å². The molecule has 0 saturated heterocycles. The Balaban J connectivity index is 1.79. The number of carbonyl (C=O) groups is 1. The van der Waals surface area contributed by atoms with Crippen molar-refractivity contribution in [3.8, 4) is 22.4 Å². The summed E-state index contributed by atoms with van der Waals surface area (Å²) in [5.74, 6) is -0.135. The summed E-state index contributed by atoms with van der Waals surface area (Å²) in [6, 6.07) is 13.7. The molecular formula is C26H29N6O3+. The Morgan fingerprint density at radius 3 is 2.40 bits per heavy atom. The topological polar surface area (TPSA) is 119 Å². The highest BCUT2D eigenvalue weighted by atomic mass is 16.5. The third-order valence-corrected chi connectivity index (χ3v) is 6.87. The zero-order chi connectivity index (χ0) is 24.7. The fourth-order valence-electron chi connectivity index (χ4n) is 5.30. The summed E-state index contributed by atoms with van der Waals surface area (Å²) in [5, 5.41) is 4.76. The molecule has 0 radical (unpaired) electrons. The standard InChI is InChI=1S/C26H28N6O3/c1-16-13-19(14-17(2)28-16)20-21(18-9-5-4-6-10-18)29-24(27)32-22(20)30-31(25(32)34)15-26(23(33)35-3)11-7-8-12-26/h4-6,9-10,13-14H,7-8,11-12,15H2,1-3H3,(H2,27,29)/p+1. The van der Waals surface area contributed by atoms with Crippen molar-refractivity contribution in [1.29, 1.82) is 0 Å². The number of aryl methyl sites for hydroxylation is 2. The number of nitrogens with two attached hydrogens (primary N) is 1. The van der Waals surface area contributed by atoms with E-state index in [9.17, 15) is 9.59 Å². The van der Waals surface area contributed by atoms with Crippen molar-refractivity contribution < 1.29 is 14.5 Å². The number of nitrogens with one attached hydrogen (secondary N) is 1. The van der Waals surface area contributed by atoms with Gasteiger partial charge in [0.05, 0.1) is 24.6 Å². The first kappa shape index (κ1) is 22.8. The Morgan fingerprint density at radius 1 is 1.11 bits per heavy atom. The summed E-state index contributed by atoms with van der Waals surface area (Å²) < 4.78 is 7.86. The summed E-state index contributed by atoms with van der Waals surface area (Å²) in [6.07, 6.45) is 3.14. The van der Waals surface area contributed by atoms with E-state index in [1.54, 1.807) is 0 Å². The number of nitrogens with zero attached hydrogens (tertiary/aromatic N) is 4. The number of carbonyl (C=O) groups excluding carboxylic acids is 1. The van der Waals surface area contributed by atoms with Crippen LogP contribution in [0.15, 0.2) is 47.3 Å². The molecule has 1 aliphatic carbocycles. The van der Waals surface area contributed by atoms with Crippen LogP contribution in [0.2, 0.25) is 0 Å². The Labute approximate surface area is 202 Å². The number of ether oxygens (including phenoxy) is 1. The molecule has 1 fully saturated rings.